The lowest BCUT2D eigenvalue weighted by molar-refractivity contribution is 0.0775. The van der Waals surface area contributed by atoms with Gasteiger partial charge in [-0.05, 0) is 44.4 Å². The normalized spacial score (nSPS) is 20.1. The van der Waals surface area contributed by atoms with Gasteiger partial charge in [0.2, 0.25) is 0 Å². The first-order chi connectivity index (χ1) is 10.9. The number of nitrogens with two attached hydrogens (primary N) is 1. The molecule has 1 unspecified atom stereocenters. The van der Waals surface area contributed by atoms with Crippen molar-refractivity contribution in [3.8, 4) is 5.69 Å². The first kappa shape index (κ1) is 18.5. The van der Waals surface area contributed by atoms with Gasteiger partial charge in [-0.3, -0.25) is 4.79 Å². The Bertz CT molecular complexity index is 728. The molecule has 6 heteroatoms. The van der Waals surface area contributed by atoms with Gasteiger partial charge in [0, 0.05) is 13.1 Å². The van der Waals surface area contributed by atoms with E-state index in [0.29, 0.717) is 6.54 Å². The maximum atomic E-state index is 13.0. The van der Waals surface area contributed by atoms with Gasteiger partial charge in [-0.2, -0.15) is 5.10 Å². The summed E-state index contributed by atoms with van der Waals surface area (Å²) < 4.78 is 1.85. The lowest BCUT2D eigenvalue weighted by atomic mass is 9.90. The van der Waals surface area contributed by atoms with E-state index < -0.39 is 0 Å². The molecule has 1 aliphatic heterocycles. The molecule has 0 saturated carbocycles. The van der Waals surface area contributed by atoms with E-state index in [9.17, 15) is 4.79 Å². The van der Waals surface area contributed by atoms with E-state index >= 15 is 0 Å². The third-order valence-corrected chi connectivity index (χ3v) is 4.84. The summed E-state index contributed by atoms with van der Waals surface area (Å²) in [5.74, 6) is 0.0688. The molecule has 1 aromatic carbocycles. The summed E-state index contributed by atoms with van der Waals surface area (Å²) in [5, 5.41) is 4.57. The molecule has 0 bridgehead atoms. The molecule has 130 valence electrons. The van der Waals surface area contributed by atoms with Crippen molar-refractivity contribution in [2.24, 2.45) is 11.1 Å². The van der Waals surface area contributed by atoms with Crippen LogP contribution in [0.1, 0.15) is 35.1 Å². The standard InChI is InChI=1S/C18H24N4O.ClH/c1-13-16(17(23)21-10-9-18(3,11-19)12-21)14(2)22(20-13)15-7-5-4-6-8-15;/h4-8H,9-12,19H2,1-3H3;1H. The molecule has 1 saturated heterocycles. The fourth-order valence-corrected chi connectivity index (χ4v) is 3.29. The highest BCUT2D eigenvalue weighted by Gasteiger charge is 2.36. The van der Waals surface area contributed by atoms with Crippen LogP contribution in [-0.2, 0) is 0 Å². The summed E-state index contributed by atoms with van der Waals surface area (Å²) >= 11 is 0. The fraction of sp³-hybridized carbons (Fsp3) is 0.444. The fourth-order valence-electron chi connectivity index (χ4n) is 3.29. The van der Waals surface area contributed by atoms with Crippen molar-refractivity contribution in [3.63, 3.8) is 0 Å². The van der Waals surface area contributed by atoms with Crippen molar-refractivity contribution >= 4 is 18.3 Å². The number of aromatic nitrogens is 2. The van der Waals surface area contributed by atoms with Gasteiger partial charge in [-0.25, -0.2) is 4.68 Å². The van der Waals surface area contributed by atoms with Crippen molar-refractivity contribution in [3.05, 3.63) is 47.3 Å². The number of hydrogen-bond acceptors (Lipinski definition) is 3. The predicted octanol–water partition coefficient (Wildman–Crippen LogP) is 2.72. The summed E-state index contributed by atoms with van der Waals surface area (Å²) in [7, 11) is 0. The van der Waals surface area contributed by atoms with Crippen LogP contribution in [0.2, 0.25) is 0 Å². The molecule has 24 heavy (non-hydrogen) atoms. The average molecular weight is 349 g/mol. The number of benzene rings is 1. The van der Waals surface area contributed by atoms with E-state index in [1.54, 1.807) is 0 Å². The Labute approximate surface area is 149 Å². The Morgan fingerprint density at radius 2 is 1.96 bits per heavy atom. The second-order valence-electron chi connectivity index (χ2n) is 6.78. The zero-order chi connectivity index (χ0) is 16.6. The Balaban J connectivity index is 0.00000208. The number of nitrogens with zero attached hydrogens (tertiary/aromatic N) is 3. The van der Waals surface area contributed by atoms with Crippen LogP contribution in [0.3, 0.4) is 0 Å². The summed E-state index contributed by atoms with van der Waals surface area (Å²) in [4.78, 5) is 14.9. The third-order valence-electron chi connectivity index (χ3n) is 4.84. The van der Waals surface area contributed by atoms with Crippen LogP contribution in [0, 0.1) is 19.3 Å². The van der Waals surface area contributed by atoms with Crippen LogP contribution in [0.4, 0.5) is 0 Å². The highest BCUT2D eigenvalue weighted by Crippen LogP contribution is 2.30. The highest BCUT2D eigenvalue weighted by molar-refractivity contribution is 5.96. The van der Waals surface area contributed by atoms with Crippen LogP contribution in [0.5, 0.6) is 0 Å². The van der Waals surface area contributed by atoms with Gasteiger partial charge in [0.15, 0.2) is 0 Å². The first-order valence-electron chi connectivity index (χ1n) is 8.06. The minimum Gasteiger partial charge on any atom is -0.338 e. The summed E-state index contributed by atoms with van der Waals surface area (Å²) in [6.45, 7) is 8.10. The van der Waals surface area contributed by atoms with Crippen molar-refractivity contribution in [1.29, 1.82) is 0 Å². The molecule has 1 aromatic heterocycles. The van der Waals surface area contributed by atoms with Crippen molar-refractivity contribution < 1.29 is 4.79 Å². The number of halogens is 1. The summed E-state index contributed by atoms with van der Waals surface area (Å²) in [5.41, 5.74) is 9.24. The van der Waals surface area contributed by atoms with Gasteiger partial charge in [0.25, 0.3) is 5.91 Å². The van der Waals surface area contributed by atoms with Gasteiger partial charge in [0.1, 0.15) is 0 Å². The lowest BCUT2D eigenvalue weighted by Gasteiger charge is -2.22. The van der Waals surface area contributed by atoms with Crippen LogP contribution in [0.25, 0.3) is 5.69 Å². The number of para-hydroxylation sites is 1. The largest absolute Gasteiger partial charge is 0.338 e. The molecular formula is C18H25ClN4O. The molecule has 1 atom stereocenters. The second kappa shape index (κ2) is 6.95. The zero-order valence-electron chi connectivity index (χ0n) is 14.5. The molecule has 0 aliphatic carbocycles. The van der Waals surface area contributed by atoms with Crippen LogP contribution < -0.4 is 5.73 Å². The molecule has 2 heterocycles. The van der Waals surface area contributed by atoms with E-state index in [4.69, 9.17) is 5.73 Å². The lowest BCUT2D eigenvalue weighted by Crippen LogP contribution is -2.34. The molecule has 1 fully saturated rings. The van der Waals surface area contributed by atoms with E-state index in [0.717, 1.165) is 42.1 Å². The molecule has 2 aromatic rings. The minimum atomic E-state index is 0. The Hall–Kier alpha value is -1.85. The predicted molar refractivity (Wildman–Crippen MR) is 98.0 cm³/mol. The molecule has 5 nitrogen and oxygen atoms in total. The number of amides is 1. The monoisotopic (exact) mass is 348 g/mol. The Morgan fingerprint density at radius 3 is 2.54 bits per heavy atom. The summed E-state index contributed by atoms with van der Waals surface area (Å²) in [6.07, 6.45) is 0.958. The van der Waals surface area contributed by atoms with Crippen molar-refractivity contribution in [2.75, 3.05) is 19.6 Å². The van der Waals surface area contributed by atoms with E-state index in [-0.39, 0.29) is 23.7 Å². The molecule has 1 amide bonds. The molecular weight excluding hydrogens is 324 g/mol. The highest BCUT2D eigenvalue weighted by atomic mass is 35.5. The van der Waals surface area contributed by atoms with Gasteiger partial charge in [-0.15, -0.1) is 12.4 Å². The Morgan fingerprint density at radius 1 is 1.29 bits per heavy atom. The second-order valence-corrected chi connectivity index (χ2v) is 6.78. The third kappa shape index (κ3) is 3.19. The zero-order valence-corrected chi connectivity index (χ0v) is 15.3. The Kier molecular flexibility index (Phi) is 5.35. The van der Waals surface area contributed by atoms with Crippen molar-refractivity contribution in [2.45, 2.75) is 27.2 Å². The number of rotatable bonds is 3. The number of hydrogen-bond donors (Lipinski definition) is 1. The maximum Gasteiger partial charge on any atom is 0.257 e. The summed E-state index contributed by atoms with van der Waals surface area (Å²) in [6, 6.07) is 9.91. The van der Waals surface area contributed by atoms with Crippen LogP contribution >= 0.6 is 12.4 Å². The van der Waals surface area contributed by atoms with Gasteiger partial charge in [0.05, 0.1) is 22.6 Å². The average Bonchev–Trinajstić information content (AvgIpc) is 3.09. The smallest absolute Gasteiger partial charge is 0.257 e. The van der Waals surface area contributed by atoms with Gasteiger partial charge < -0.3 is 10.6 Å². The van der Waals surface area contributed by atoms with Crippen LogP contribution in [0.15, 0.2) is 30.3 Å². The van der Waals surface area contributed by atoms with E-state index in [2.05, 4.69) is 12.0 Å². The maximum absolute atomic E-state index is 13.0. The van der Waals surface area contributed by atoms with Crippen molar-refractivity contribution in [1.82, 2.24) is 14.7 Å². The number of carbonyl (C=O) groups is 1. The molecule has 0 radical (unpaired) electrons. The number of aryl methyl sites for hydroxylation is 1. The molecule has 2 N–H and O–H groups in total. The minimum absolute atomic E-state index is 0. The molecule has 1 aliphatic rings. The SMILES string of the molecule is Cc1nn(-c2ccccc2)c(C)c1C(=O)N1CCC(C)(CN)C1.Cl. The first-order valence-corrected chi connectivity index (χ1v) is 8.06. The van der Waals surface area contributed by atoms with Gasteiger partial charge >= 0.3 is 0 Å². The van der Waals surface area contributed by atoms with Crippen LogP contribution in [-0.4, -0.2) is 40.2 Å². The van der Waals surface area contributed by atoms with E-state index in [1.807, 2.05) is 53.8 Å². The van der Waals surface area contributed by atoms with Gasteiger partial charge in [-0.1, -0.05) is 25.1 Å². The number of carbonyl (C=O) groups excluding carboxylic acids is 1. The van der Waals surface area contributed by atoms with E-state index in [1.165, 1.54) is 0 Å². The molecule has 0 spiro atoms. The molecule has 3 rings (SSSR count). The quantitative estimate of drug-likeness (QED) is 0.927. The number of likely N-dealkylation sites (tertiary alicyclic amines) is 1. The topological polar surface area (TPSA) is 64.2 Å².